The van der Waals surface area contributed by atoms with E-state index in [2.05, 4.69) is 158 Å². The van der Waals surface area contributed by atoms with Gasteiger partial charge in [-0.25, -0.2) is 0 Å². The first-order valence-electron chi connectivity index (χ1n) is 14.9. The number of hydrogen-bond donors (Lipinski definition) is 0. The largest absolute Gasteiger partial charge is 0.489 e. The van der Waals surface area contributed by atoms with Gasteiger partial charge in [-0.3, -0.25) is 0 Å². The van der Waals surface area contributed by atoms with Gasteiger partial charge in [-0.1, -0.05) is 146 Å². The third kappa shape index (κ3) is 5.85. The fourth-order valence-corrected chi connectivity index (χ4v) is 10.7. The zero-order valence-electron chi connectivity index (χ0n) is 24.3. The van der Waals surface area contributed by atoms with Crippen LogP contribution in [-0.2, 0) is 0 Å². The van der Waals surface area contributed by atoms with Crippen LogP contribution in [0.15, 0.2) is 170 Å². The van der Waals surface area contributed by atoms with Gasteiger partial charge in [-0.05, 0) is 72.0 Å². The lowest BCUT2D eigenvalue weighted by Gasteiger charge is -2.29. The Balaban J connectivity index is 1.56. The molecule has 4 heteroatoms. The van der Waals surface area contributed by atoms with Gasteiger partial charge in [-0.15, -0.1) is 0 Å². The van der Waals surface area contributed by atoms with E-state index in [1.54, 1.807) is 0 Å². The molecule has 1 aliphatic rings. The van der Waals surface area contributed by atoms with Gasteiger partial charge in [0.05, 0.1) is 0 Å². The highest BCUT2D eigenvalue weighted by atomic mass is 31.1. The molecule has 0 atom stereocenters. The van der Waals surface area contributed by atoms with E-state index in [0.29, 0.717) is 13.2 Å². The molecule has 2 nitrogen and oxygen atoms in total. The monoisotopic (exact) mass is 606 g/mol. The Morgan fingerprint density at radius 2 is 0.659 bits per heavy atom. The number of rotatable bonds is 6. The molecule has 6 aromatic rings. The van der Waals surface area contributed by atoms with Crippen molar-refractivity contribution in [1.82, 2.24) is 0 Å². The standard InChI is InChI=1S/C40H32O2P2/c1-5-17-31(18-6-1)43(32-19-7-2-8-20-32)37-27-15-25-35-39(37)40-36(42-30-14-13-29-41-35)26-16-28-38(40)44(33-21-9-3-10-22-33)34-23-11-4-12-24-34/h1-28H,29-30H2/b14-13-. The van der Waals surface area contributed by atoms with Crippen molar-refractivity contribution in [2.75, 3.05) is 13.2 Å². The zero-order valence-corrected chi connectivity index (χ0v) is 26.1. The lowest BCUT2D eigenvalue weighted by Crippen LogP contribution is -2.26. The minimum Gasteiger partial charge on any atom is -0.489 e. The van der Waals surface area contributed by atoms with Crippen LogP contribution in [0.1, 0.15) is 0 Å². The predicted molar refractivity (Wildman–Crippen MR) is 189 cm³/mol. The molecule has 1 aliphatic heterocycles. The quantitative estimate of drug-likeness (QED) is 0.148. The van der Waals surface area contributed by atoms with Crippen molar-refractivity contribution in [3.63, 3.8) is 0 Å². The van der Waals surface area contributed by atoms with E-state index in [0.717, 1.165) is 22.6 Å². The van der Waals surface area contributed by atoms with Gasteiger partial charge in [0.15, 0.2) is 0 Å². The molecule has 0 aromatic heterocycles. The minimum absolute atomic E-state index is 0.484. The highest BCUT2D eigenvalue weighted by Gasteiger charge is 2.30. The molecule has 0 saturated heterocycles. The molecule has 0 bridgehead atoms. The fraction of sp³-hybridized carbons (Fsp3) is 0.0500. The van der Waals surface area contributed by atoms with Crippen molar-refractivity contribution in [1.29, 1.82) is 0 Å². The van der Waals surface area contributed by atoms with Crippen molar-refractivity contribution in [3.8, 4) is 22.6 Å². The summed E-state index contributed by atoms with van der Waals surface area (Å²) in [6.07, 6.45) is 4.09. The van der Waals surface area contributed by atoms with E-state index < -0.39 is 15.8 Å². The molecular weight excluding hydrogens is 574 g/mol. The molecule has 1 heterocycles. The van der Waals surface area contributed by atoms with E-state index in [4.69, 9.17) is 9.47 Å². The Kier molecular flexibility index (Phi) is 8.64. The summed E-state index contributed by atoms with van der Waals surface area (Å²) in [5.74, 6) is 1.75. The topological polar surface area (TPSA) is 18.5 Å². The molecule has 0 N–H and O–H groups in total. The summed E-state index contributed by atoms with van der Waals surface area (Å²) in [6.45, 7) is 0.968. The summed E-state index contributed by atoms with van der Waals surface area (Å²) in [6, 6.07) is 56.7. The number of hydrogen-bond acceptors (Lipinski definition) is 2. The van der Waals surface area contributed by atoms with E-state index in [1.165, 1.54) is 31.8 Å². The van der Waals surface area contributed by atoms with Crippen LogP contribution in [0.4, 0.5) is 0 Å². The lowest BCUT2D eigenvalue weighted by atomic mass is 10.0. The van der Waals surface area contributed by atoms with Gasteiger partial charge >= 0.3 is 0 Å². The maximum Gasteiger partial charge on any atom is 0.128 e. The summed E-state index contributed by atoms with van der Waals surface area (Å²) < 4.78 is 13.2. The SMILES string of the molecule is C1=C\COc2cccc(P(c3ccccc3)c3ccccc3)c2-c2c(cccc2P(c2ccccc2)c2ccccc2)OC/1. The summed E-state index contributed by atoms with van der Waals surface area (Å²) in [5, 5.41) is 7.71. The molecule has 6 aromatic carbocycles. The van der Waals surface area contributed by atoms with E-state index in [1.807, 2.05) is 12.2 Å². The van der Waals surface area contributed by atoms with Crippen molar-refractivity contribution in [2.24, 2.45) is 0 Å². The maximum atomic E-state index is 6.60. The summed E-state index contributed by atoms with van der Waals surface area (Å²) >= 11 is 0. The second-order valence-corrected chi connectivity index (χ2v) is 14.8. The van der Waals surface area contributed by atoms with Gasteiger partial charge in [0.25, 0.3) is 0 Å². The van der Waals surface area contributed by atoms with E-state index >= 15 is 0 Å². The Morgan fingerprint density at radius 3 is 0.977 bits per heavy atom. The molecule has 44 heavy (non-hydrogen) atoms. The van der Waals surface area contributed by atoms with Crippen molar-refractivity contribution < 1.29 is 9.47 Å². The Labute approximate surface area is 262 Å². The Hall–Kier alpha value is -4.48. The van der Waals surface area contributed by atoms with E-state index in [9.17, 15) is 0 Å². The molecular formula is C40H32O2P2. The smallest absolute Gasteiger partial charge is 0.128 e. The van der Waals surface area contributed by atoms with Crippen LogP contribution < -0.4 is 41.3 Å². The van der Waals surface area contributed by atoms with Gasteiger partial charge in [0, 0.05) is 11.1 Å². The molecule has 0 radical (unpaired) electrons. The molecule has 0 amide bonds. The van der Waals surface area contributed by atoms with Crippen molar-refractivity contribution >= 4 is 47.7 Å². The normalized spacial score (nSPS) is 13.3. The average Bonchev–Trinajstić information content (AvgIpc) is 3.09. The van der Waals surface area contributed by atoms with Crippen LogP contribution in [0.3, 0.4) is 0 Å². The Morgan fingerprint density at radius 1 is 0.341 bits per heavy atom. The van der Waals surface area contributed by atoms with Crippen LogP contribution in [0.5, 0.6) is 11.5 Å². The summed E-state index contributed by atoms with van der Waals surface area (Å²) in [7, 11) is -1.82. The zero-order chi connectivity index (χ0) is 29.6. The first-order chi connectivity index (χ1) is 21.9. The third-order valence-electron chi connectivity index (χ3n) is 7.63. The summed E-state index contributed by atoms with van der Waals surface area (Å²) in [5.41, 5.74) is 2.23. The summed E-state index contributed by atoms with van der Waals surface area (Å²) in [4.78, 5) is 0. The fourth-order valence-electron chi connectivity index (χ4n) is 5.73. The third-order valence-corrected chi connectivity index (χ3v) is 12.6. The second kappa shape index (κ2) is 13.4. The van der Waals surface area contributed by atoms with Crippen molar-refractivity contribution in [2.45, 2.75) is 0 Å². The maximum absolute atomic E-state index is 6.60. The second-order valence-electron chi connectivity index (χ2n) is 10.4. The molecule has 7 rings (SSSR count). The van der Waals surface area contributed by atoms with Gasteiger partial charge in [-0.2, -0.15) is 0 Å². The van der Waals surface area contributed by atoms with Crippen LogP contribution in [0.25, 0.3) is 11.1 Å². The van der Waals surface area contributed by atoms with Crippen molar-refractivity contribution in [3.05, 3.63) is 170 Å². The average molecular weight is 607 g/mol. The molecule has 0 aliphatic carbocycles. The predicted octanol–water partition coefficient (Wildman–Crippen LogP) is 7.20. The molecule has 0 fully saturated rings. The number of ether oxygens (including phenoxy) is 2. The highest BCUT2D eigenvalue weighted by molar-refractivity contribution is 7.80. The number of fused-ring (bicyclic) bond motifs is 3. The molecule has 0 saturated carbocycles. The van der Waals surface area contributed by atoms with Gasteiger partial charge in [0.1, 0.15) is 24.7 Å². The lowest BCUT2D eigenvalue weighted by molar-refractivity contribution is 0.347. The molecule has 0 unspecified atom stereocenters. The number of benzene rings is 6. The molecule has 214 valence electrons. The van der Waals surface area contributed by atoms with Crippen LogP contribution in [0.2, 0.25) is 0 Å². The highest BCUT2D eigenvalue weighted by Crippen LogP contribution is 2.47. The van der Waals surface area contributed by atoms with Crippen LogP contribution >= 0.6 is 15.8 Å². The Bertz CT molecular complexity index is 1640. The molecule has 0 spiro atoms. The van der Waals surface area contributed by atoms with E-state index in [-0.39, 0.29) is 0 Å². The minimum atomic E-state index is -0.908. The van der Waals surface area contributed by atoms with Gasteiger partial charge in [0.2, 0.25) is 0 Å². The van der Waals surface area contributed by atoms with Crippen LogP contribution in [-0.4, -0.2) is 13.2 Å². The first kappa shape index (κ1) is 28.3. The first-order valence-corrected chi connectivity index (χ1v) is 17.5. The van der Waals surface area contributed by atoms with Crippen LogP contribution in [0, 0.1) is 0 Å². The van der Waals surface area contributed by atoms with Gasteiger partial charge < -0.3 is 9.47 Å².